The molecule has 0 saturated carbocycles. The molecule has 0 spiro atoms. The number of rotatable bonds is 7. The lowest BCUT2D eigenvalue weighted by atomic mass is 10.2. The molecular formula is C20H19N3O4S. The molecule has 0 fully saturated rings. The Labute approximate surface area is 166 Å². The number of thiazole rings is 1. The average Bonchev–Trinajstić information content (AvgIpc) is 3.14. The summed E-state index contributed by atoms with van der Waals surface area (Å²) >= 11 is 1.48. The first-order chi connectivity index (χ1) is 13.6. The van der Waals surface area contributed by atoms with E-state index in [4.69, 9.17) is 14.2 Å². The van der Waals surface area contributed by atoms with Crippen molar-refractivity contribution in [1.82, 2.24) is 4.98 Å². The minimum Gasteiger partial charge on any atom is -0.497 e. The van der Waals surface area contributed by atoms with Gasteiger partial charge in [0.25, 0.3) is 0 Å². The van der Waals surface area contributed by atoms with Crippen molar-refractivity contribution in [2.24, 2.45) is 5.10 Å². The number of nitrogens with one attached hydrogen (secondary N) is 1. The van der Waals surface area contributed by atoms with E-state index in [0.717, 1.165) is 11.3 Å². The van der Waals surface area contributed by atoms with E-state index in [0.29, 0.717) is 27.9 Å². The van der Waals surface area contributed by atoms with Gasteiger partial charge in [0, 0.05) is 5.38 Å². The quantitative estimate of drug-likeness (QED) is 0.279. The van der Waals surface area contributed by atoms with E-state index < -0.39 is 5.97 Å². The summed E-state index contributed by atoms with van der Waals surface area (Å²) in [4.78, 5) is 16.6. The molecule has 0 bridgehead atoms. The fourth-order valence-electron chi connectivity index (χ4n) is 2.30. The highest BCUT2D eigenvalue weighted by Crippen LogP contribution is 2.28. The number of nitrogens with zero attached hydrogens (tertiary/aromatic N) is 2. The molecule has 8 heteroatoms. The summed E-state index contributed by atoms with van der Waals surface area (Å²) in [5.74, 6) is 0.933. The fraction of sp³-hybridized carbons (Fsp3) is 0.150. The van der Waals surface area contributed by atoms with Crippen LogP contribution in [0.5, 0.6) is 17.2 Å². The van der Waals surface area contributed by atoms with Crippen molar-refractivity contribution in [3.8, 4) is 17.2 Å². The Hall–Kier alpha value is -3.39. The molecule has 0 atom stereocenters. The number of ether oxygens (including phenoxy) is 3. The van der Waals surface area contributed by atoms with Crippen LogP contribution in [0, 0.1) is 6.92 Å². The molecule has 0 saturated heterocycles. The van der Waals surface area contributed by atoms with Gasteiger partial charge in [0.15, 0.2) is 11.5 Å². The maximum absolute atomic E-state index is 12.3. The van der Waals surface area contributed by atoms with Crippen molar-refractivity contribution in [3.63, 3.8) is 0 Å². The molecule has 3 rings (SSSR count). The fourth-order valence-corrected chi connectivity index (χ4v) is 2.94. The second-order valence-electron chi connectivity index (χ2n) is 5.69. The van der Waals surface area contributed by atoms with Crippen molar-refractivity contribution in [1.29, 1.82) is 0 Å². The van der Waals surface area contributed by atoms with Crippen LogP contribution >= 0.6 is 11.3 Å². The van der Waals surface area contributed by atoms with E-state index in [1.165, 1.54) is 18.4 Å². The molecule has 0 aliphatic heterocycles. The van der Waals surface area contributed by atoms with Crippen LogP contribution in [0.15, 0.2) is 52.9 Å². The molecule has 28 heavy (non-hydrogen) atoms. The SMILES string of the molecule is COc1ccc(C(=O)Oc2ccc(C=NNc3nc(C)cs3)cc2OC)cc1. The van der Waals surface area contributed by atoms with E-state index in [1.807, 2.05) is 12.3 Å². The lowest BCUT2D eigenvalue weighted by molar-refractivity contribution is 0.0729. The molecule has 2 aromatic carbocycles. The number of hydrogen-bond acceptors (Lipinski definition) is 8. The molecule has 0 aliphatic rings. The summed E-state index contributed by atoms with van der Waals surface area (Å²) in [6.07, 6.45) is 1.63. The zero-order valence-corrected chi connectivity index (χ0v) is 16.4. The second kappa shape index (κ2) is 9.01. The van der Waals surface area contributed by atoms with E-state index in [2.05, 4.69) is 15.5 Å². The predicted molar refractivity (Wildman–Crippen MR) is 109 cm³/mol. The number of aryl methyl sites for hydroxylation is 1. The van der Waals surface area contributed by atoms with Gasteiger partial charge in [0.05, 0.1) is 31.7 Å². The van der Waals surface area contributed by atoms with Gasteiger partial charge in [-0.15, -0.1) is 11.3 Å². The van der Waals surface area contributed by atoms with Crippen LogP contribution in [0.2, 0.25) is 0 Å². The zero-order valence-electron chi connectivity index (χ0n) is 15.6. The Bertz CT molecular complexity index is 983. The number of esters is 1. The van der Waals surface area contributed by atoms with Crippen LogP contribution in [0.1, 0.15) is 21.6 Å². The van der Waals surface area contributed by atoms with Gasteiger partial charge in [0.1, 0.15) is 5.75 Å². The highest BCUT2D eigenvalue weighted by atomic mass is 32.1. The summed E-state index contributed by atoms with van der Waals surface area (Å²) < 4.78 is 15.9. The summed E-state index contributed by atoms with van der Waals surface area (Å²) in [5, 5.41) is 6.80. The Morgan fingerprint density at radius 1 is 1.11 bits per heavy atom. The molecule has 0 unspecified atom stereocenters. The number of carbonyl (C=O) groups is 1. The Balaban J connectivity index is 1.68. The largest absolute Gasteiger partial charge is 0.497 e. The minimum absolute atomic E-state index is 0.323. The molecule has 1 heterocycles. The van der Waals surface area contributed by atoms with Crippen molar-refractivity contribution in [3.05, 3.63) is 64.7 Å². The van der Waals surface area contributed by atoms with E-state index in [1.54, 1.807) is 55.8 Å². The molecule has 1 N–H and O–H groups in total. The summed E-state index contributed by atoms with van der Waals surface area (Å²) in [6.45, 7) is 1.92. The van der Waals surface area contributed by atoms with Gasteiger partial charge < -0.3 is 14.2 Å². The number of benzene rings is 2. The molecule has 0 amide bonds. The molecule has 7 nitrogen and oxygen atoms in total. The molecule has 1 aromatic heterocycles. The number of anilines is 1. The zero-order chi connectivity index (χ0) is 19.9. The molecule has 144 valence electrons. The average molecular weight is 397 g/mol. The van der Waals surface area contributed by atoms with E-state index >= 15 is 0 Å². The van der Waals surface area contributed by atoms with Gasteiger partial charge in [-0.05, 0) is 55.0 Å². The highest BCUT2D eigenvalue weighted by molar-refractivity contribution is 7.13. The van der Waals surface area contributed by atoms with Crippen molar-refractivity contribution in [2.75, 3.05) is 19.6 Å². The number of hydrogen-bond donors (Lipinski definition) is 1. The van der Waals surface area contributed by atoms with Gasteiger partial charge in [0.2, 0.25) is 5.13 Å². The first-order valence-electron chi connectivity index (χ1n) is 8.34. The van der Waals surface area contributed by atoms with Crippen LogP contribution in [-0.2, 0) is 0 Å². The molecular weight excluding hydrogens is 378 g/mol. The predicted octanol–water partition coefficient (Wildman–Crippen LogP) is 4.13. The summed E-state index contributed by atoms with van der Waals surface area (Å²) in [5.41, 5.74) is 5.00. The molecule has 0 radical (unpaired) electrons. The number of hydrazone groups is 1. The monoisotopic (exact) mass is 397 g/mol. The van der Waals surface area contributed by atoms with Gasteiger partial charge in [-0.1, -0.05) is 0 Å². The summed E-state index contributed by atoms with van der Waals surface area (Å²) in [7, 11) is 3.08. The van der Waals surface area contributed by atoms with Crippen LogP contribution in [0.4, 0.5) is 5.13 Å². The Morgan fingerprint density at radius 2 is 1.89 bits per heavy atom. The standard InChI is InChI=1S/C20H19N3O4S/c1-13-12-28-20(22-13)23-21-11-14-4-9-17(18(10-14)26-3)27-19(24)15-5-7-16(25-2)8-6-15/h4-12H,1-3H3,(H,22,23). The lowest BCUT2D eigenvalue weighted by Gasteiger charge is -2.10. The number of methoxy groups -OCH3 is 2. The topological polar surface area (TPSA) is 82.0 Å². The van der Waals surface area contributed by atoms with Crippen LogP contribution in [0.3, 0.4) is 0 Å². The smallest absolute Gasteiger partial charge is 0.343 e. The molecule has 3 aromatic rings. The third-order valence-electron chi connectivity index (χ3n) is 3.71. The molecule has 0 aliphatic carbocycles. The van der Waals surface area contributed by atoms with E-state index in [-0.39, 0.29) is 0 Å². The third-order valence-corrected chi connectivity index (χ3v) is 4.57. The van der Waals surface area contributed by atoms with Crippen molar-refractivity contribution < 1.29 is 19.0 Å². The van der Waals surface area contributed by atoms with Crippen molar-refractivity contribution in [2.45, 2.75) is 6.92 Å². The van der Waals surface area contributed by atoms with Gasteiger partial charge in [-0.3, -0.25) is 5.43 Å². The highest BCUT2D eigenvalue weighted by Gasteiger charge is 2.13. The second-order valence-corrected chi connectivity index (χ2v) is 6.55. The third kappa shape index (κ3) is 4.86. The summed E-state index contributed by atoms with van der Waals surface area (Å²) in [6, 6.07) is 11.8. The first-order valence-corrected chi connectivity index (χ1v) is 9.22. The van der Waals surface area contributed by atoms with Gasteiger partial charge in [-0.2, -0.15) is 5.10 Å². The van der Waals surface area contributed by atoms with Crippen molar-refractivity contribution >= 4 is 28.7 Å². The van der Waals surface area contributed by atoms with E-state index in [9.17, 15) is 4.79 Å². The number of aromatic nitrogens is 1. The van der Waals surface area contributed by atoms with Gasteiger partial charge >= 0.3 is 5.97 Å². The maximum Gasteiger partial charge on any atom is 0.343 e. The van der Waals surface area contributed by atoms with Crippen LogP contribution in [-0.4, -0.2) is 31.4 Å². The number of carbonyl (C=O) groups excluding carboxylic acids is 1. The Morgan fingerprint density at radius 3 is 2.54 bits per heavy atom. The maximum atomic E-state index is 12.3. The normalized spacial score (nSPS) is 10.7. The first kappa shape index (κ1) is 19.4. The van der Waals surface area contributed by atoms with Gasteiger partial charge in [-0.25, -0.2) is 9.78 Å². The van der Waals surface area contributed by atoms with Crippen LogP contribution < -0.4 is 19.6 Å². The van der Waals surface area contributed by atoms with Crippen LogP contribution in [0.25, 0.3) is 0 Å². The Kier molecular flexibility index (Phi) is 6.23. The lowest BCUT2D eigenvalue weighted by Crippen LogP contribution is -2.09. The minimum atomic E-state index is -0.483.